The van der Waals surface area contributed by atoms with Gasteiger partial charge in [-0.3, -0.25) is 9.89 Å². The lowest BCUT2D eigenvalue weighted by atomic mass is 9.83. The van der Waals surface area contributed by atoms with Crippen molar-refractivity contribution in [3.63, 3.8) is 0 Å². The first-order valence-electron chi connectivity index (χ1n) is 7.13. The van der Waals surface area contributed by atoms with Gasteiger partial charge in [0.25, 0.3) is 0 Å². The van der Waals surface area contributed by atoms with Crippen LogP contribution in [0.25, 0.3) is 0 Å². The van der Waals surface area contributed by atoms with E-state index < -0.39 is 5.41 Å². The molecule has 110 valence electrons. The van der Waals surface area contributed by atoms with Gasteiger partial charge in [-0.05, 0) is 44.4 Å². The summed E-state index contributed by atoms with van der Waals surface area (Å²) in [6, 6.07) is 8.67. The predicted molar refractivity (Wildman–Crippen MR) is 80.3 cm³/mol. The molecule has 3 rings (SSSR count). The van der Waals surface area contributed by atoms with Gasteiger partial charge in [-0.2, -0.15) is 5.10 Å². The van der Waals surface area contributed by atoms with Crippen molar-refractivity contribution in [2.45, 2.75) is 38.0 Å². The first kappa shape index (κ1) is 13.7. The Morgan fingerprint density at radius 3 is 2.81 bits per heavy atom. The SMILES string of the molecule is CC(C)(C(=O)Nc1cc(C2CC2)[nH]n1)c1cccc(O)c1. The number of aromatic amines is 1. The second kappa shape index (κ2) is 4.91. The number of aromatic hydroxyl groups is 1. The summed E-state index contributed by atoms with van der Waals surface area (Å²) in [5.41, 5.74) is 1.09. The molecule has 1 saturated carbocycles. The molecule has 0 aliphatic heterocycles. The Balaban J connectivity index is 1.76. The predicted octanol–water partition coefficient (Wildman–Crippen LogP) is 2.91. The zero-order chi connectivity index (χ0) is 15.0. The Kier molecular flexibility index (Phi) is 3.20. The van der Waals surface area contributed by atoms with E-state index in [0.29, 0.717) is 11.7 Å². The van der Waals surface area contributed by atoms with Crippen LogP contribution in [0.4, 0.5) is 5.82 Å². The van der Waals surface area contributed by atoms with Crippen molar-refractivity contribution < 1.29 is 9.90 Å². The van der Waals surface area contributed by atoms with Gasteiger partial charge in [0.05, 0.1) is 5.41 Å². The highest BCUT2D eigenvalue weighted by Gasteiger charge is 2.31. The van der Waals surface area contributed by atoms with Crippen LogP contribution in [0.1, 0.15) is 43.9 Å². The van der Waals surface area contributed by atoms with Crippen molar-refractivity contribution >= 4 is 11.7 Å². The summed E-state index contributed by atoms with van der Waals surface area (Å²) in [6.45, 7) is 3.65. The Morgan fingerprint density at radius 1 is 1.38 bits per heavy atom. The number of nitrogens with one attached hydrogen (secondary N) is 2. The molecule has 0 saturated heterocycles. The molecule has 5 heteroatoms. The van der Waals surface area contributed by atoms with Crippen molar-refractivity contribution in [1.82, 2.24) is 10.2 Å². The highest BCUT2D eigenvalue weighted by Crippen LogP contribution is 2.39. The lowest BCUT2D eigenvalue weighted by molar-refractivity contribution is -0.120. The fourth-order valence-corrected chi connectivity index (χ4v) is 2.30. The van der Waals surface area contributed by atoms with E-state index >= 15 is 0 Å². The molecule has 0 radical (unpaired) electrons. The number of phenolic OH excluding ortho intramolecular Hbond substituents is 1. The lowest BCUT2D eigenvalue weighted by Crippen LogP contribution is -2.34. The van der Waals surface area contributed by atoms with Crippen molar-refractivity contribution in [2.75, 3.05) is 5.32 Å². The molecular weight excluding hydrogens is 266 g/mol. The van der Waals surface area contributed by atoms with Gasteiger partial charge < -0.3 is 10.4 Å². The fourth-order valence-electron chi connectivity index (χ4n) is 2.30. The van der Waals surface area contributed by atoms with E-state index in [0.717, 1.165) is 11.3 Å². The van der Waals surface area contributed by atoms with Crippen LogP contribution in [0.2, 0.25) is 0 Å². The minimum Gasteiger partial charge on any atom is -0.508 e. The Labute approximate surface area is 123 Å². The smallest absolute Gasteiger partial charge is 0.235 e. The van der Waals surface area contributed by atoms with Crippen molar-refractivity contribution in [1.29, 1.82) is 0 Å². The molecule has 1 fully saturated rings. The summed E-state index contributed by atoms with van der Waals surface area (Å²) in [5, 5.41) is 19.5. The number of H-pyrrole nitrogens is 1. The number of hydrogen-bond donors (Lipinski definition) is 3. The van der Waals surface area contributed by atoms with Gasteiger partial charge in [0.2, 0.25) is 5.91 Å². The fraction of sp³-hybridized carbons (Fsp3) is 0.375. The van der Waals surface area contributed by atoms with Gasteiger partial charge in [-0.15, -0.1) is 0 Å². The van der Waals surface area contributed by atoms with E-state index in [1.807, 2.05) is 26.0 Å². The van der Waals surface area contributed by atoms with E-state index in [1.165, 1.54) is 12.8 Å². The van der Waals surface area contributed by atoms with Crippen LogP contribution in [-0.4, -0.2) is 21.2 Å². The van der Waals surface area contributed by atoms with Gasteiger partial charge in [0.15, 0.2) is 5.82 Å². The maximum absolute atomic E-state index is 12.5. The van der Waals surface area contributed by atoms with Crippen LogP contribution in [0.15, 0.2) is 30.3 Å². The minimum atomic E-state index is -0.753. The number of nitrogens with zero attached hydrogens (tertiary/aromatic N) is 1. The molecule has 0 bridgehead atoms. The third-order valence-corrected chi connectivity index (χ3v) is 3.99. The molecule has 1 amide bonds. The first-order valence-corrected chi connectivity index (χ1v) is 7.13. The summed E-state index contributed by atoms with van der Waals surface area (Å²) >= 11 is 0. The highest BCUT2D eigenvalue weighted by atomic mass is 16.3. The average Bonchev–Trinajstić information content (AvgIpc) is 3.19. The summed E-state index contributed by atoms with van der Waals surface area (Å²) in [4.78, 5) is 12.5. The number of aromatic nitrogens is 2. The quantitative estimate of drug-likeness (QED) is 0.808. The second-order valence-corrected chi connectivity index (χ2v) is 6.11. The zero-order valence-corrected chi connectivity index (χ0v) is 12.2. The van der Waals surface area contributed by atoms with Crippen LogP contribution in [0, 0.1) is 0 Å². The maximum Gasteiger partial charge on any atom is 0.235 e. The highest BCUT2D eigenvalue weighted by molar-refractivity contribution is 5.98. The monoisotopic (exact) mass is 285 g/mol. The van der Waals surface area contributed by atoms with Gasteiger partial charge in [-0.25, -0.2) is 0 Å². The number of hydrogen-bond acceptors (Lipinski definition) is 3. The molecule has 1 aliphatic carbocycles. The first-order chi connectivity index (χ1) is 9.96. The Morgan fingerprint density at radius 2 is 2.14 bits per heavy atom. The molecule has 21 heavy (non-hydrogen) atoms. The standard InChI is InChI=1S/C16H19N3O2/c1-16(2,11-4-3-5-12(20)8-11)15(21)17-14-9-13(18-19-14)10-6-7-10/h3-5,8-10,20H,6-7H2,1-2H3,(H2,17,18,19,21). The van der Waals surface area contributed by atoms with Crippen molar-refractivity contribution in [3.05, 3.63) is 41.6 Å². The Hall–Kier alpha value is -2.30. The van der Waals surface area contributed by atoms with Crippen LogP contribution in [0.5, 0.6) is 5.75 Å². The molecule has 1 aromatic carbocycles. The number of amides is 1. The second-order valence-electron chi connectivity index (χ2n) is 6.11. The lowest BCUT2D eigenvalue weighted by Gasteiger charge is -2.23. The number of anilines is 1. The topological polar surface area (TPSA) is 78.0 Å². The summed E-state index contributed by atoms with van der Waals surface area (Å²) in [7, 11) is 0. The molecule has 5 nitrogen and oxygen atoms in total. The molecule has 0 atom stereocenters. The van der Waals surface area contributed by atoms with E-state index in [2.05, 4.69) is 15.5 Å². The molecule has 0 unspecified atom stereocenters. The van der Waals surface area contributed by atoms with E-state index in [4.69, 9.17) is 0 Å². The molecule has 1 aromatic heterocycles. The summed E-state index contributed by atoms with van der Waals surface area (Å²) in [5.74, 6) is 1.13. The van der Waals surface area contributed by atoms with Gasteiger partial charge >= 0.3 is 0 Å². The molecule has 1 aliphatic rings. The average molecular weight is 285 g/mol. The van der Waals surface area contributed by atoms with Crippen LogP contribution < -0.4 is 5.32 Å². The van der Waals surface area contributed by atoms with E-state index in [-0.39, 0.29) is 11.7 Å². The van der Waals surface area contributed by atoms with Crippen LogP contribution in [0.3, 0.4) is 0 Å². The third kappa shape index (κ3) is 2.77. The van der Waals surface area contributed by atoms with E-state index in [9.17, 15) is 9.90 Å². The van der Waals surface area contributed by atoms with Gasteiger partial charge in [0, 0.05) is 17.7 Å². The third-order valence-electron chi connectivity index (χ3n) is 3.99. The summed E-state index contributed by atoms with van der Waals surface area (Å²) < 4.78 is 0. The number of rotatable bonds is 4. The largest absolute Gasteiger partial charge is 0.508 e. The molecule has 1 heterocycles. The van der Waals surface area contributed by atoms with Crippen LogP contribution >= 0.6 is 0 Å². The Bertz CT molecular complexity index is 672. The number of phenols is 1. The minimum absolute atomic E-state index is 0.151. The molecular formula is C16H19N3O2. The molecule has 3 N–H and O–H groups in total. The van der Waals surface area contributed by atoms with Crippen LogP contribution in [-0.2, 0) is 10.2 Å². The normalized spacial score (nSPS) is 15.0. The van der Waals surface area contributed by atoms with Crippen molar-refractivity contribution in [3.8, 4) is 5.75 Å². The van der Waals surface area contributed by atoms with Crippen molar-refractivity contribution in [2.24, 2.45) is 0 Å². The molecule has 2 aromatic rings. The van der Waals surface area contributed by atoms with Gasteiger partial charge in [0.1, 0.15) is 5.75 Å². The summed E-state index contributed by atoms with van der Waals surface area (Å²) in [6.07, 6.45) is 2.37. The van der Waals surface area contributed by atoms with Gasteiger partial charge in [-0.1, -0.05) is 12.1 Å². The van der Waals surface area contributed by atoms with E-state index in [1.54, 1.807) is 18.2 Å². The number of carbonyl (C=O) groups excluding carboxylic acids is 1. The number of carbonyl (C=O) groups is 1. The zero-order valence-electron chi connectivity index (χ0n) is 12.2. The maximum atomic E-state index is 12.5. The number of benzene rings is 1. The molecule has 0 spiro atoms.